The van der Waals surface area contributed by atoms with Crippen molar-refractivity contribution in [2.24, 2.45) is 12.8 Å². The standard InChI is InChI=1S/C26H28N10O9S2/c1-3-34-8-9-35(21(40)20(34)39)25(44)29-15(12-4-6-14(7-5-12)45-24(27)43)18(37)28-16-19(38)36-17(23(41)42)13(10-46-22(16)36)11-47-26-30-31-32-33(26)2/h4-7,15-16,22H,3,8-11H2,1-2H3,(H2,27,43)(H,28,37)(H,29,44)(H,41,42). The van der Waals surface area contributed by atoms with Gasteiger partial charge in [0.2, 0.25) is 11.1 Å². The lowest BCUT2D eigenvalue weighted by Crippen LogP contribution is -2.71. The number of likely N-dealkylation sites (N-methyl/N-ethyl adjacent to an activating group) is 1. The molecular weight excluding hydrogens is 660 g/mol. The lowest BCUT2D eigenvalue weighted by atomic mass is 10.0. The lowest BCUT2D eigenvalue weighted by Gasteiger charge is -2.49. The number of aryl methyl sites for hydroxylation is 1. The number of carboxylic acid groups (broad SMARTS) is 1. The van der Waals surface area contributed by atoms with Gasteiger partial charge in [0, 0.05) is 38.2 Å². The van der Waals surface area contributed by atoms with Crippen molar-refractivity contribution in [3.63, 3.8) is 0 Å². The van der Waals surface area contributed by atoms with Gasteiger partial charge >= 0.3 is 29.9 Å². The van der Waals surface area contributed by atoms with Gasteiger partial charge in [0.05, 0.1) is 0 Å². The lowest BCUT2D eigenvalue weighted by molar-refractivity contribution is -0.153. The molecular formula is C26H28N10O9S2. The van der Waals surface area contributed by atoms with Crippen LogP contribution in [0.1, 0.15) is 18.5 Å². The van der Waals surface area contributed by atoms with E-state index in [1.807, 2.05) is 0 Å². The molecule has 2 fully saturated rings. The molecule has 3 aliphatic heterocycles. The van der Waals surface area contributed by atoms with E-state index in [1.165, 1.54) is 57.4 Å². The van der Waals surface area contributed by atoms with Gasteiger partial charge in [0.25, 0.3) is 5.91 Å². The number of hydrogen-bond acceptors (Lipinski definition) is 13. The first kappa shape index (κ1) is 33.2. The number of nitrogens with one attached hydrogen (secondary N) is 2. The van der Waals surface area contributed by atoms with Gasteiger partial charge < -0.3 is 31.1 Å². The van der Waals surface area contributed by atoms with Gasteiger partial charge in [-0.15, -0.1) is 16.9 Å². The van der Waals surface area contributed by atoms with Crippen molar-refractivity contribution in [1.29, 1.82) is 0 Å². The molecule has 0 bridgehead atoms. The maximum absolute atomic E-state index is 13.7. The van der Waals surface area contributed by atoms with E-state index in [4.69, 9.17) is 10.5 Å². The number of piperazine rings is 1. The van der Waals surface area contributed by atoms with Crippen LogP contribution in [0, 0.1) is 0 Å². The zero-order valence-corrected chi connectivity index (χ0v) is 26.4. The van der Waals surface area contributed by atoms with Crippen molar-refractivity contribution in [3.05, 3.63) is 41.1 Å². The summed E-state index contributed by atoms with van der Waals surface area (Å²) in [6, 6.07) is 1.68. The average molecular weight is 689 g/mol. The Balaban J connectivity index is 1.34. The van der Waals surface area contributed by atoms with Crippen molar-refractivity contribution >= 4 is 65.2 Å². The molecule has 7 amide bonds. The number of urea groups is 1. The molecule has 248 valence electrons. The number of hydrogen-bond donors (Lipinski definition) is 4. The number of amides is 7. The van der Waals surface area contributed by atoms with Crippen LogP contribution in [0.5, 0.6) is 5.75 Å². The van der Waals surface area contributed by atoms with Crippen LogP contribution in [-0.2, 0) is 31.0 Å². The summed E-state index contributed by atoms with van der Waals surface area (Å²) in [4.78, 5) is 91.7. The Morgan fingerprint density at radius 1 is 1.15 bits per heavy atom. The summed E-state index contributed by atoms with van der Waals surface area (Å²) in [6.07, 6.45) is -1.07. The number of carbonyl (C=O) groups is 7. The molecule has 0 spiro atoms. The van der Waals surface area contributed by atoms with Crippen LogP contribution in [-0.4, -0.2) is 124 Å². The highest BCUT2D eigenvalue weighted by atomic mass is 32.2. The largest absolute Gasteiger partial charge is 0.477 e. The molecule has 3 atom stereocenters. The summed E-state index contributed by atoms with van der Waals surface area (Å²) in [5.74, 6) is -4.30. The van der Waals surface area contributed by atoms with Gasteiger partial charge in [-0.05, 0) is 40.6 Å². The van der Waals surface area contributed by atoms with Crippen molar-refractivity contribution in [3.8, 4) is 5.75 Å². The number of thioether (sulfide) groups is 2. The van der Waals surface area contributed by atoms with Gasteiger partial charge in [-0.25, -0.2) is 19.1 Å². The molecule has 5 N–H and O–H groups in total. The minimum absolute atomic E-state index is 0.0454. The highest BCUT2D eigenvalue weighted by Crippen LogP contribution is 2.41. The molecule has 5 rings (SSSR count). The summed E-state index contributed by atoms with van der Waals surface area (Å²) in [5.41, 5.74) is 5.49. The summed E-state index contributed by atoms with van der Waals surface area (Å²) in [5, 5.41) is 25.9. The number of β-lactam (4-membered cyclic amide) rings is 1. The Bertz CT molecular complexity index is 1680. The zero-order valence-electron chi connectivity index (χ0n) is 24.8. The predicted molar refractivity (Wildman–Crippen MR) is 161 cm³/mol. The molecule has 1 aromatic carbocycles. The normalized spacial score (nSPS) is 20.0. The second-order valence-corrected chi connectivity index (χ2v) is 12.3. The topological polar surface area (TPSA) is 252 Å². The van der Waals surface area contributed by atoms with Crippen LogP contribution in [0.15, 0.2) is 40.7 Å². The summed E-state index contributed by atoms with van der Waals surface area (Å²) in [7, 11) is 1.63. The number of ether oxygens (including phenoxy) is 1. The predicted octanol–water partition coefficient (Wildman–Crippen LogP) is -1.36. The Hall–Kier alpha value is -5.18. The first-order chi connectivity index (χ1) is 22.4. The third-order valence-corrected chi connectivity index (χ3v) is 9.84. The fourth-order valence-electron chi connectivity index (χ4n) is 5.04. The first-order valence-electron chi connectivity index (χ1n) is 13.9. The second-order valence-electron chi connectivity index (χ2n) is 10.2. The smallest absolute Gasteiger partial charge is 0.409 e. The molecule has 0 aliphatic carbocycles. The number of fused-ring (bicyclic) bond motifs is 1. The van der Waals surface area contributed by atoms with Gasteiger partial charge in [-0.2, -0.15) is 0 Å². The van der Waals surface area contributed by atoms with Crippen molar-refractivity contribution < 1.29 is 43.4 Å². The minimum atomic E-state index is -1.49. The number of carbonyl (C=O) groups excluding carboxylic acids is 6. The van der Waals surface area contributed by atoms with Gasteiger partial charge in [0.15, 0.2) is 0 Å². The van der Waals surface area contributed by atoms with E-state index in [1.54, 1.807) is 14.0 Å². The Morgan fingerprint density at radius 2 is 1.87 bits per heavy atom. The van der Waals surface area contributed by atoms with Crippen LogP contribution in [0.4, 0.5) is 9.59 Å². The van der Waals surface area contributed by atoms with Crippen molar-refractivity contribution in [2.45, 2.75) is 29.5 Å². The SMILES string of the molecule is CCN1CCN(C(=O)NC(C(=O)NC2C(=O)N3C(C(=O)O)=C(CSc4nnnn4C)CSC23)c2ccc(OC(N)=O)cc2)C(=O)C1=O. The van der Waals surface area contributed by atoms with E-state index in [0.717, 1.165) is 4.90 Å². The number of imide groups is 1. The molecule has 3 unspecified atom stereocenters. The number of benzene rings is 1. The van der Waals surface area contributed by atoms with Crippen LogP contribution >= 0.6 is 23.5 Å². The van der Waals surface area contributed by atoms with Crippen LogP contribution in [0.25, 0.3) is 0 Å². The van der Waals surface area contributed by atoms with Crippen LogP contribution in [0.2, 0.25) is 0 Å². The van der Waals surface area contributed by atoms with E-state index in [0.29, 0.717) is 15.6 Å². The summed E-state index contributed by atoms with van der Waals surface area (Å²) in [6.45, 7) is 1.95. The maximum Gasteiger partial charge on any atom is 0.409 e. The first-order valence-corrected chi connectivity index (χ1v) is 16.0. The number of nitrogens with zero attached hydrogens (tertiary/aromatic N) is 7. The number of rotatable bonds is 10. The number of aromatic nitrogens is 4. The molecule has 19 nitrogen and oxygen atoms in total. The van der Waals surface area contributed by atoms with E-state index < -0.39 is 59.2 Å². The maximum atomic E-state index is 13.7. The number of aliphatic carboxylic acids is 1. The van der Waals surface area contributed by atoms with Crippen LogP contribution < -0.4 is 21.1 Å². The number of nitrogens with two attached hydrogens (primary N) is 1. The molecule has 21 heteroatoms. The van der Waals surface area contributed by atoms with Gasteiger partial charge in [-0.1, -0.05) is 23.9 Å². The fraction of sp³-hybridized carbons (Fsp3) is 0.385. The van der Waals surface area contributed by atoms with Gasteiger partial charge in [-0.3, -0.25) is 29.0 Å². The number of primary amides is 1. The fourth-order valence-corrected chi connectivity index (χ4v) is 7.38. The van der Waals surface area contributed by atoms with Crippen molar-refractivity contribution in [1.82, 2.24) is 45.5 Å². The molecule has 4 heterocycles. The molecule has 2 aromatic rings. The highest BCUT2D eigenvalue weighted by molar-refractivity contribution is 8.01. The molecule has 3 aliphatic rings. The average Bonchev–Trinajstić information content (AvgIpc) is 3.46. The van der Waals surface area contributed by atoms with E-state index in [9.17, 15) is 38.7 Å². The third-order valence-electron chi connectivity index (χ3n) is 7.40. The summed E-state index contributed by atoms with van der Waals surface area (Å²) < 4.78 is 6.24. The Kier molecular flexibility index (Phi) is 9.65. The van der Waals surface area contributed by atoms with Gasteiger partial charge in [0.1, 0.15) is 28.9 Å². The quantitative estimate of drug-likeness (QED) is 0.128. The Morgan fingerprint density at radius 3 is 2.49 bits per heavy atom. The molecule has 0 saturated carbocycles. The number of carboxylic acids is 1. The highest BCUT2D eigenvalue weighted by Gasteiger charge is 2.54. The van der Waals surface area contributed by atoms with Crippen LogP contribution in [0.3, 0.4) is 0 Å². The van der Waals surface area contributed by atoms with Crippen molar-refractivity contribution in [2.75, 3.05) is 31.1 Å². The summed E-state index contributed by atoms with van der Waals surface area (Å²) >= 11 is 2.45. The second kappa shape index (κ2) is 13.7. The van der Waals surface area contributed by atoms with E-state index >= 15 is 0 Å². The molecule has 0 radical (unpaired) electrons. The third kappa shape index (κ3) is 6.70. The van der Waals surface area contributed by atoms with E-state index in [-0.39, 0.29) is 48.1 Å². The molecule has 2 saturated heterocycles. The monoisotopic (exact) mass is 688 g/mol. The molecule has 1 aromatic heterocycles. The Labute approximate surface area is 274 Å². The van der Waals surface area contributed by atoms with E-state index in [2.05, 4.69) is 26.2 Å². The minimum Gasteiger partial charge on any atom is -0.477 e. The molecule has 47 heavy (non-hydrogen) atoms. The number of tetrazole rings is 1. The zero-order chi connectivity index (χ0) is 34.0.